The van der Waals surface area contributed by atoms with Crippen LogP contribution in [0.5, 0.6) is 11.5 Å². The summed E-state index contributed by atoms with van der Waals surface area (Å²) in [6.45, 7) is 2.14. The molecule has 1 unspecified atom stereocenters. The van der Waals surface area contributed by atoms with Gasteiger partial charge < -0.3 is 24.7 Å². The summed E-state index contributed by atoms with van der Waals surface area (Å²) in [5.41, 5.74) is 6.80. The summed E-state index contributed by atoms with van der Waals surface area (Å²) >= 11 is 0. The molecule has 112 valence electrons. The fraction of sp³-hybridized carbons (Fsp3) is 0.500. The van der Waals surface area contributed by atoms with Gasteiger partial charge in [-0.05, 0) is 25.1 Å². The zero-order valence-electron chi connectivity index (χ0n) is 12.0. The molecule has 0 aliphatic heterocycles. The molecule has 0 amide bonds. The van der Waals surface area contributed by atoms with Gasteiger partial charge in [0.25, 0.3) is 0 Å². The number of hydrogen-bond acceptors (Lipinski definition) is 6. The van der Waals surface area contributed by atoms with Crippen molar-refractivity contribution in [2.75, 3.05) is 34.0 Å². The summed E-state index contributed by atoms with van der Waals surface area (Å²) < 4.78 is 20.4. The molecule has 20 heavy (non-hydrogen) atoms. The van der Waals surface area contributed by atoms with Gasteiger partial charge in [-0.3, -0.25) is 0 Å². The largest absolute Gasteiger partial charge is 0.497 e. The number of methoxy groups -OCH3 is 2. The first-order chi connectivity index (χ1) is 9.62. The highest BCUT2D eigenvalue weighted by atomic mass is 16.6. The van der Waals surface area contributed by atoms with Crippen molar-refractivity contribution < 1.29 is 23.7 Å². The van der Waals surface area contributed by atoms with Crippen LogP contribution in [0.2, 0.25) is 0 Å². The molecule has 1 atom stereocenters. The van der Waals surface area contributed by atoms with Crippen molar-refractivity contribution in [3.05, 3.63) is 23.8 Å². The van der Waals surface area contributed by atoms with Gasteiger partial charge in [-0.15, -0.1) is 0 Å². The molecule has 0 bridgehead atoms. The van der Waals surface area contributed by atoms with Crippen LogP contribution >= 0.6 is 0 Å². The van der Waals surface area contributed by atoms with Crippen molar-refractivity contribution >= 4 is 5.97 Å². The fourth-order valence-electron chi connectivity index (χ4n) is 1.69. The molecule has 0 aromatic heterocycles. The molecule has 6 heteroatoms. The SMILES string of the molecule is CCOC(=O)COCC(N)c1cc(OC)ccc1OC. The molecule has 0 heterocycles. The second kappa shape index (κ2) is 8.39. The number of carbonyl (C=O) groups is 1. The zero-order valence-corrected chi connectivity index (χ0v) is 12.0. The van der Waals surface area contributed by atoms with Crippen molar-refractivity contribution in [1.29, 1.82) is 0 Å². The Bertz CT molecular complexity index is 436. The molecule has 6 nitrogen and oxygen atoms in total. The number of benzene rings is 1. The van der Waals surface area contributed by atoms with Crippen LogP contribution in [0.25, 0.3) is 0 Å². The first kappa shape index (κ1) is 16.3. The van der Waals surface area contributed by atoms with E-state index in [2.05, 4.69) is 0 Å². The van der Waals surface area contributed by atoms with Crippen LogP contribution in [0, 0.1) is 0 Å². The Hall–Kier alpha value is -1.79. The first-order valence-corrected chi connectivity index (χ1v) is 6.33. The quantitative estimate of drug-likeness (QED) is 0.724. The van der Waals surface area contributed by atoms with Gasteiger partial charge in [0.2, 0.25) is 0 Å². The summed E-state index contributed by atoms with van der Waals surface area (Å²) in [6, 6.07) is 4.93. The highest BCUT2D eigenvalue weighted by molar-refractivity contribution is 5.70. The van der Waals surface area contributed by atoms with E-state index in [-0.39, 0.29) is 13.2 Å². The normalized spacial score (nSPS) is 11.8. The van der Waals surface area contributed by atoms with Gasteiger partial charge in [0, 0.05) is 5.56 Å². The molecular weight excluding hydrogens is 262 g/mol. The molecule has 0 aliphatic rings. The van der Waals surface area contributed by atoms with Crippen molar-refractivity contribution in [3.8, 4) is 11.5 Å². The third-order valence-electron chi connectivity index (χ3n) is 2.66. The monoisotopic (exact) mass is 283 g/mol. The number of esters is 1. The molecule has 0 aliphatic carbocycles. The lowest BCUT2D eigenvalue weighted by atomic mass is 10.1. The number of nitrogens with two attached hydrogens (primary N) is 1. The molecule has 0 saturated heterocycles. The molecule has 1 aromatic carbocycles. The maximum Gasteiger partial charge on any atom is 0.332 e. The maximum absolute atomic E-state index is 11.2. The molecule has 0 saturated carbocycles. The van der Waals surface area contributed by atoms with Gasteiger partial charge >= 0.3 is 5.97 Å². The Morgan fingerprint density at radius 1 is 1.30 bits per heavy atom. The third-order valence-corrected chi connectivity index (χ3v) is 2.66. The minimum Gasteiger partial charge on any atom is -0.497 e. The molecular formula is C14H21NO5. The molecule has 2 N–H and O–H groups in total. The standard InChI is InChI=1S/C14H21NO5/c1-4-20-14(16)9-19-8-12(15)11-7-10(17-2)5-6-13(11)18-3/h5-7,12H,4,8-9,15H2,1-3H3. The van der Waals surface area contributed by atoms with Gasteiger partial charge in [0.15, 0.2) is 0 Å². The first-order valence-electron chi connectivity index (χ1n) is 6.33. The van der Waals surface area contributed by atoms with E-state index < -0.39 is 12.0 Å². The Kier molecular flexibility index (Phi) is 6.83. The van der Waals surface area contributed by atoms with E-state index in [1.54, 1.807) is 39.3 Å². The summed E-state index contributed by atoms with van der Waals surface area (Å²) in [4.78, 5) is 11.2. The Balaban J connectivity index is 2.61. The second-order valence-electron chi connectivity index (χ2n) is 4.03. The van der Waals surface area contributed by atoms with Crippen molar-refractivity contribution in [3.63, 3.8) is 0 Å². The van der Waals surface area contributed by atoms with Crippen LogP contribution in [0.3, 0.4) is 0 Å². The van der Waals surface area contributed by atoms with E-state index in [0.717, 1.165) is 5.56 Å². The summed E-state index contributed by atoms with van der Waals surface area (Å²) in [6.07, 6.45) is 0. The number of carbonyl (C=O) groups excluding carboxylic acids is 1. The van der Waals surface area contributed by atoms with Crippen molar-refractivity contribution in [2.45, 2.75) is 13.0 Å². The van der Waals surface area contributed by atoms with Gasteiger partial charge in [0.05, 0.1) is 33.5 Å². The minimum absolute atomic E-state index is 0.117. The Morgan fingerprint density at radius 2 is 2.05 bits per heavy atom. The second-order valence-corrected chi connectivity index (χ2v) is 4.03. The molecule has 0 fully saturated rings. The fourth-order valence-corrected chi connectivity index (χ4v) is 1.69. The molecule has 0 spiro atoms. The van der Waals surface area contributed by atoms with E-state index in [9.17, 15) is 4.79 Å². The van der Waals surface area contributed by atoms with Gasteiger partial charge in [0.1, 0.15) is 18.1 Å². The molecule has 1 rings (SSSR count). The lowest BCUT2D eigenvalue weighted by Gasteiger charge is -2.16. The van der Waals surface area contributed by atoms with Gasteiger partial charge in [-0.2, -0.15) is 0 Å². The summed E-state index contributed by atoms with van der Waals surface area (Å²) in [5.74, 6) is 0.928. The Morgan fingerprint density at radius 3 is 2.65 bits per heavy atom. The van der Waals surface area contributed by atoms with Crippen LogP contribution in [-0.2, 0) is 14.3 Å². The average Bonchev–Trinajstić information content (AvgIpc) is 2.46. The van der Waals surface area contributed by atoms with Crippen LogP contribution in [-0.4, -0.2) is 40.0 Å². The summed E-state index contributed by atoms with van der Waals surface area (Å²) in [7, 11) is 3.14. The number of ether oxygens (including phenoxy) is 4. The molecule has 0 radical (unpaired) electrons. The average molecular weight is 283 g/mol. The Labute approximate surface area is 118 Å². The van der Waals surface area contributed by atoms with E-state index in [0.29, 0.717) is 18.1 Å². The highest BCUT2D eigenvalue weighted by Gasteiger charge is 2.14. The predicted octanol–water partition coefficient (Wildman–Crippen LogP) is 1.28. The minimum atomic E-state index is -0.422. The van der Waals surface area contributed by atoms with E-state index >= 15 is 0 Å². The zero-order chi connectivity index (χ0) is 15.0. The van der Waals surface area contributed by atoms with Crippen LogP contribution in [0.4, 0.5) is 0 Å². The van der Waals surface area contributed by atoms with Crippen LogP contribution in [0.15, 0.2) is 18.2 Å². The van der Waals surface area contributed by atoms with Crippen molar-refractivity contribution in [1.82, 2.24) is 0 Å². The molecule has 1 aromatic rings. The van der Waals surface area contributed by atoms with Crippen LogP contribution in [0.1, 0.15) is 18.5 Å². The lowest BCUT2D eigenvalue weighted by Crippen LogP contribution is -2.21. The number of rotatable bonds is 8. The lowest BCUT2D eigenvalue weighted by molar-refractivity contribution is -0.148. The van der Waals surface area contributed by atoms with E-state index in [1.807, 2.05) is 0 Å². The topological polar surface area (TPSA) is 80.0 Å². The third kappa shape index (κ3) is 4.71. The van der Waals surface area contributed by atoms with Gasteiger partial charge in [-0.25, -0.2) is 4.79 Å². The van der Waals surface area contributed by atoms with Crippen molar-refractivity contribution in [2.24, 2.45) is 5.73 Å². The van der Waals surface area contributed by atoms with Crippen LogP contribution < -0.4 is 15.2 Å². The predicted molar refractivity (Wildman–Crippen MR) is 73.9 cm³/mol. The van der Waals surface area contributed by atoms with E-state index in [4.69, 9.17) is 24.7 Å². The highest BCUT2D eigenvalue weighted by Crippen LogP contribution is 2.28. The number of hydrogen-bond donors (Lipinski definition) is 1. The van der Waals surface area contributed by atoms with Gasteiger partial charge in [-0.1, -0.05) is 0 Å². The smallest absolute Gasteiger partial charge is 0.332 e. The summed E-state index contributed by atoms with van der Waals surface area (Å²) in [5, 5.41) is 0. The van der Waals surface area contributed by atoms with E-state index in [1.165, 1.54) is 0 Å². The maximum atomic E-state index is 11.2.